The number of nitrogens with one attached hydrogen (secondary N) is 1. The number of ether oxygens (including phenoxy) is 1. The Morgan fingerprint density at radius 1 is 1.42 bits per heavy atom. The molecular weight excluding hydrogens is 248 g/mol. The fraction of sp³-hybridized carbons (Fsp3) is 0.667. The molecule has 19 heavy (non-hydrogen) atoms. The van der Waals surface area contributed by atoms with Crippen LogP contribution < -0.4 is 5.32 Å². The van der Waals surface area contributed by atoms with Crippen LogP contribution in [0.25, 0.3) is 0 Å². The summed E-state index contributed by atoms with van der Waals surface area (Å²) in [4.78, 5) is 23.0. The highest BCUT2D eigenvalue weighted by molar-refractivity contribution is 5.86. The normalized spacial score (nSPS) is 16.1. The quantitative estimate of drug-likeness (QED) is 0.803. The van der Waals surface area contributed by atoms with E-state index in [9.17, 15) is 9.59 Å². The van der Waals surface area contributed by atoms with E-state index < -0.39 is 5.97 Å². The van der Waals surface area contributed by atoms with E-state index >= 15 is 0 Å². The lowest BCUT2D eigenvalue weighted by atomic mass is 9.95. The van der Waals surface area contributed by atoms with E-state index in [2.05, 4.69) is 20.4 Å². The molecule has 2 rings (SSSR count). The van der Waals surface area contributed by atoms with Gasteiger partial charge >= 0.3 is 5.97 Å². The molecule has 1 fully saturated rings. The minimum atomic E-state index is -0.557. The van der Waals surface area contributed by atoms with Gasteiger partial charge in [-0.15, -0.1) is 5.10 Å². The van der Waals surface area contributed by atoms with Gasteiger partial charge in [0.15, 0.2) is 5.69 Å². The summed E-state index contributed by atoms with van der Waals surface area (Å²) >= 11 is 0. The van der Waals surface area contributed by atoms with E-state index in [1.807, 2.05) is 0 Å². The lowest BCUT2D eigenvalue weighted by Crippen LogP contribution is -2.38. The van der Waals surface area contributed by atoms with Crippen molar-refractivity contribution in [1.82, 2.24) is 20.3 Å². The summed E-state index contributed by atoms with van der Waals surface area (Å²) in [5, 5.41) is 10.3. The Morgan fingerprint density at radius 3 is 2.84 bits per heavy atom. The number of hydrogen-bond acceptors (Lipinski definition) is 5. The van der Waals surface area contributed by atoms with Crippen LogP contribution in [-0.4, -0.2) is 40.0 Å². The molecule has 0 bridgehead atoms. The maximum Gasteiger partial charge on any atom is 0.360 e. The highest BCUT2D eigenvalue weighted by Crippen LogP contribution is 2.17. The van der Waals surface area contributed by atoms with Gasteiger partial charge in [-0.1, -0.05) is 24.5 Å². The second-order valence-electron chi connectivity index (χ2n) is 4.70. The van der Waals surface area contributed by atoms with Gasteiger partial charge in [0.1, 0.15) is 6.54 Å². The topological polar surface area (TPSA) is 86.1 Å². The van der Waals surface area contributed by atoms with Crippen LogP contribution in [0.15, 0.2) is 6.20 Å². The first-order valence-electron chi connectivity index (χ1n) is 6.47. The van der Waals surface area contributed by atoms with Gasteiger partial charge in [-0.2, -0.15) is 0 Å². The minimum absolute atomic E-state index is 0.0699. The van der Waals surface area contributed by atoms with Crippen molar-refractivity contribution in [1.29, 1.82) is 0 Å². The largest absolute Gasteiger partial charge is 0.464 e. The van der Waals surface area contributed by atoms with E-state index in [1.54, 1.807) is 0 Å². The van der Waals surface area contributed by atoms with Crippen LogP contribution in [0.2, 0.25) is 0 Å². The van der Waals surface area contributed by atoms with Crippen LogP contribution in [0.4, 0.5) is 0 Å². The van der Waals surface area contributed by atoms with Gasteiger partial charge in [0, 0.05) is 6.04 Å². The number of carbonyl (C=O) groups is 2. The lowest BCUT2D eigenvalue weighted by molar-refractivity contribution is -0.122. The molecule has 1 aromatic rings. The fourth-order valence-electron chi connectivity index (χ4n) is 2.24. The summed E-state index contributed by atoms with van der Waals surface area (Å²) in [6.07, 6.45) is 7.07. The Labute approximate surface area is 111 Å². The third-order valence-corrected chi connectivity index (χ3v) is 3.21. The second kappa shape index (κ2) is 6.31. The molecule has 104 valence electrons. The molecule has 7 heteroatoms. The molecule has 1 N–H and O–H groups in total. The molecule has 1 aliphatic carbocycles. The molecule has 0 saturated heterocycles. The third-order valence-electron chi connectivity index (χ3n) is 3.21. The number of rotatable bonds is 4. The first kappa shape index (κ1) is 13.5. The van der Waals surface area contributed by atoms with Crippen LogP contribution in [0, 0.1) is 0 Å². The summed E-state index contributed by atoms with van der Waals surface area (Å²) in [7, 11) is 1.27. The number of hydrogen-bond donors (Lipinski definition) is 1. The summed E-state index contributed by atoms with van der Waals surface area (Å²) in [6, 6.07) is 0.268. The molecule has 0 spiro atoms. The number of nitrogens with zero attached hydrogens (tertiary/aromatic N) is 3. The molecule has 1 aliphatic rings. The van der Waals surface area contributed by atoms with Gasteiger partial charge in [-0.3, -0.25) is 4.79 Å². The van der Waals surface area contributed by atoms with Gasteiger partial charge in [-0.25, -0.2) is 9.48 Å². The molecule has 0 aliphatic heterocycles. The summed E-state index contributed by atoms with van der Waals surface area (Å²) in [5.41, 5.74) is 0.105. The molecule has 0 radical (unpaired) electrons. The zero-order valence-corrected chi connectivity index (χ0v) is 11.0. The van der Waals surface area contributed by atoms with Gasteiger partial charge in [0.05, 0.1) is 13.3 Å². The van der Waals surface area contributed by atoms with E-state index in [0.717, 1.165) is 12.8 Å². The van der Waals surface area contributed by atoms with Crippen LogP contribution in [0.5, 0.6) is 0 Å². The standard InChI is InChI=1S/C12H18N4O3/c1-19-12(18)10-7-16(15-14-10)8-11(17)13-9-5-3-2-4-6-9/h7,9H,2-6,8H2,1H3,(H,13,17). The van der Waals surface area contributed by atoms with Crippen molar-refractivity contribution >= 4 is 11.9 Å². The van der Waals surface area contributed by atoms with Crippen LogP contribution in [0.3, 0.4) is 0 Å². The van der Waals surface area contributed by atoms with Crippen molar-refractivity contribution in [2.45, 2.75) is 44.7 Å². The predicted molar refractivity (Wildman–Crippen MR) is 66.4 cm³/mol. The molecule has 1 saturated carbocycles. The number of esters is 1. The first-order chi connectivity index (χ1) is 9.19. The van der Waals surface area contributed by atoms with Crippen LogP contribution in [-0.2, 0) is 16.1 Å². The lowest BCUT2D eigenvalue weighted by Gasteiger charge is -2.22. The highest BCUT2D eigenvalue weighted by atomic mass is 16.5. The molecule has 0 atom stereocenters. The first-order valence-corrected chi connectivity index (χ1v) is 6.47. The maximum absolute atomic E-state index is 11.8. The van der Waals surface area contributed by atoms with Gasteiger partial charge in [-0.05, 0) is 12.8 Å². The van der Waals surface area contributed by atoms with Gasteiger partial charge in [0.2, 0.25) is 5.91 Å². The zero-order valence-electron chi connectivity index (χ0n) is 11.0. The van der Waals surface area contributed by atoms with E-state index in [-0.39, 0.29) is 24.2 Å². The minimum Gasteiger partial charge on any atom is -0.464 e. The Morgan fingerprint density at radius 2 is 2.16 bits per heavy atom. The Bertz CT molecular complexity index is 452. The molecule has 0 aromatic carbocycles. The Hall–Kier alpha value is -1.92. The molecule has 1 heterocycles. The second-order valence-corrected chi connectivity index (χ2v) is 4.70. The number of methoxy groups -OCH3 is 1. The van der Waals surface area contributed by atoms with Crippen molar-refractivity contribution in [3.05, 3.63) is 11.9 Å². The van der Waals surface area contributed by atoms with Crippen molar-refractivity contribution in [2.75, 3.05) is 7.11 Å². The average molecular weight is 266 g/mol. The number of amides is 1. The van der Waals surface area contributed by atoms with Gasteiger partial charge < -0.3 is 10.1 Å². The molecular formula is C12H18N4O3. The van der Waals surface area contributed by atoms with Crippen molar-refractivity contribution in [3.63, 3.8) is 0 Å². The summed E-state index contributed by atoms with van der Waals surface area (Å²) < 4.78 is 5.86. The van der Waals surface area contributed by atoms with E-state index in [1.165, 1.54) is 37.3 Å². The average Bonchev–Trinajstić information content (AvgIpc) is 2.87. The summed E-state index contributed by atoms with van der Waals surface area (Å²) in [6.45, 7) is 0.0699. The molecule has 7 nitrogen and oxygen atoms in total. The van der Waals surface area contributed by atoms with E-state index in [4.69, 9.17) is 0 Å². The van der Waals surface area contributed by atoms with Gasteiger partial charge in [0.25, 0.3) is 0 Å². The highest BCUT2D eigenvalue weighted by Gasteiger charge is 2.17. The Kier molecular flexibility index (Phi) is 4.48. The monoisotopic (exact) mass is 266 g/mol. The maximum atomic E-state index is 11.8. The van der Waals surface area contributed by atoms with Crippen molar-refractivity contribution in [2.24, 2.45) is 0 Å². The van der Waals surface area contributed by atoms with E-state index in [0.29, 0.717) is 0 Å². The zero-order chi connectivity index (χ0) is 13.7. The van der Waals surface area contributed by atoms with Crippen LogP contribution >= 0.6 is 0 Å². The number of aromatic nitrogens is 3. The smallest absolute Gasteiger partial charge is 0.360 e. The summed E-state index contributed by atoms with van der Waals surface area (Å²) in [5.74, 6) is -0.660. The van der Waals surface area contributed by atoms with Crippen molar-refractivity contribution in [3.8, 4) is 0 Å². The SMILES string of the molecule is COC(=O)c1cn(CC(=O)NC2CCCCC2)nn1. The molecule has 0 unspecified atom stereocenters. The van der Waals surface area contributed by atoms with Crippen molar-refractivity contribution < 1.29 is 14.3 Å². The molecule has 1 aromatic heterocycles. The Balaban J connectivity index is 1.84. The van der Waals surface area contributed by atoms with Crippen LogP contribution in [0.1, 0.15) is 42.6 Å². The predicted octanol–water partition coefficient (Wildman–Crippen LogP) is 0.514. The molecule has 1 amide bonds. The fourth-order valence-corrected chi connectivity index (χ4v) is 2.24. The third kappa shape index (κ3) is 3.77. The number of carbonyl (C=O) groups excluding carboxylic acids is 2.